The molecule has 7 heteroatoms. The van der Waals surface area contributed by atoms with E-state index in [-0.39, 0.29) is 24.1 Å². The van der Waals surface area contributed by atoms with Gasteiger partial charge >= 0.3 is 6.61 Å². The predicted molar refractivity (Wildman–Crippen MR) is 89.8 cm³/mol. The summed E-state index contributed by atoms with van der Waals surface area (Å²) >= 11 is 0. The maximum atomic E-state index is 12.4. The molecule has 0 atom stereocenters. The highest BCUT2D eigenvalue weighted by atomic mass is 35.5. The van der Waals surface area contributed by atoms with Crippen LogP contribution in [0.4, 0.5) is 8.78 Å². The van der Waals surface area contributed by atoms with Crippen LogP contribution < -0.4 is 10.1 Å². The van der Waals surface area contributed by atoms with Gasteiger partial charge in [-0.25, -0.2) is 0 Å². The minimum atomic E-state index is -2.83. The number of halogens is 3. The smallest absolute Gasteiger partial charge is 0.387 e. The van der Waals surface area contributed by atoms with Gasteiger partial charge in [-0.05, 0) is 48.9 Å². The summed E-state index contributed by atoms with van der Waals surface area (Å²) in [5.74, 6) is 0.221. The number of amides is 1. The summed E-state index contributed by atoms with van der Waals surface area (Å²) in [6.45, 7) is 0.954. The van der Waals surface area contributed by atoms with Crippen molar-refractivity contribution in [3.8, 4) is 5.75 Å². The minimum Gasteiger partial charge on any atom is -0.435 e. The van der Waals surface area contributed by atoms with E-state index in [2.05, 4.69) is 10.1 Å². The number of rotatable bonds is 4. The van der Waals surface area contributed by atoms with Crippen LogP contribution in [0.5, 0.6) is 5.75 Å². The number of hydrogen-bond donors (Lipinski definition) is 1. The zero-order valence-corrected chi connectivity index (χ0v) is 14.3. The first-order valence-electron chi connectivity index (χ1n) is 8.09. The molecule has 2 aliphatic rings. The molecule has 24 heavy (non-hydrogen) atoms. The van der Waals surface area contributed by atoms with E-state index in [1.165, 1.54) is 18.6 Å². The summed E-state index contributed by atoms with van der Waals surface area (Å²) < 4.78 is 28.5. The van der Waals surface area contributed by atoms with Gasteiger partial charge < -0.3 is 15.0 Å². The van der Waals surface area contributed by atoms with Crippen molar-refractivity contribution in [2.45, 2.75) is 32.3 Å². The summed E-state index contributed by atoms with van der Waals surface area (Å²) in [6, 6.07) is 6.29. The number of piperidine rings is 1. The standard InChI is InChI=1S/C17H22F2N2O2.ClH/c18-16(19)23-14-3-1-13(2-4-14)11-15(22)21-9-6-17(7-10-21)5-8-20-12-17;/h1-4,16,20H,5-12H2;1H. The van der Waals surface area contributed by atoms with E-state index >= 15 is 0 Å². The number of benzene rings is 1. The van der Waals surface area contributed by atoms with E-state index in [0.29, 0.717) is 11.8 Å². The van der Waals surface area contributed by atoms with Crippen LogP contribution in [0.2, 0.25) is 0 Å². The summed E-state index contributed by atoms with van der Waals surface area (Å²) in [7, 11) is 0. The molecule has 0 bridgehead atoms. The van der Waals surface area contributed by atoms with Crippen molar-refractivity contribution in [1.29, 1.82) is 0 Å². The Morgan fingerprint density at radius 2 is 1.88 bits per heavy atom. The van der Waals surface area contributed by atoms with Crippen LogP contribution in [-0.2, 0) is 11.2 Å². The molecule has 134 valence electrons. The number of carbonyl (C=O) groups is 1. The van der Waals surface area contributed by atoms with Crippen LogP contribution in [0.3, 0.4) is 0 Å². The highest BCUT2D eigenvalue weighted by Crippen LogP contribution is 2.37. The van der Waals surface area contributed by atoms with Crippen LogP contribution in [0.1, 0.15) is 24.8 Å². The fraction of sp³-hybridized carbons (Fsp3) is 0.588. The van der Waals surface area contributed by atoms with Crippen LogP contribution >= 0.6 is 12.4 Å². The fourth-order valence-corrected chi connectivity index (χ4v) is 3.53. The lowest BCUT2D eigenvalue weighted by Crippen LogP contribution is -2.44. The Morgan fingerprint density at radius 3 is 2.42 bits per heavy atom. The fourth-order valence-electron chi connectivity index (χ4n) is 3.53. The van der Waals surface area contributed by atoms with E-state index < -0.39 is 6.61 Å². The Balaban J connectivity index is 0.00000208. The molecule has 0 saturated carbocycles. The molecule has 2 aliphatic heterocycles. The third-order valence-corrected chi connectivity index (χ3v) is 5.01. The van der Waals surface area contributed by atoms with Crippen LogP contribution in [-0.4, -0.2) is 43.6 Å². The quantitative estimate of drug-likeness (QED) is 0.897. The van der Waals surface area contributed by atoms with Crippen molar-refractivity contribution in [2.75, 3.05) is 26.2 Å². The molecule has 0 unspecified atom stereocenters. The number of nitrogens with one attached hydrogen (secondary N) is 1. The van der Waals surface area contributed by atoms with Gasteiger partial charge in [0.25, 0.3) is 0 Å². The van der Waals surface area contributed by atoms with Crippen LogP contribution in [0.25, 0.3) is 0 Å². The van der Waals surface area contributed by atoms with Gasteiger partial charge in [-0.2, -0.15) is 8.78 Å². The molecular weight excluding hydrogens is 338 g/mol. The lowest BCUT2D eigenvalue weighted by atomic mass is 9.78. The second-order valence-corrected chi connectivity index (χ2v) is 6.51. The van der Waals surface area contributed by atoms with Crippen molar-refractivity contribution >= 4 is 18.3 Å². The van der Waals surface area contributed by atoms with Gasteiger partial charge in [0.05, 0.1) is 6.42 Å². The molecule has 1 amide bonds. The number of ether oxygens (including phenoxy) is 1. The molecule has 2 saturated heterocycles. The van der Waals surface area contributed by atoms with E-state index in [1.54, 1.807) is 12.1 Å². The van der Waals surface area contributed by atoms with Crippen molar-refractivity contribution in [3.63, 3.8) is 0 Å². The van der Waals surface area contributed by atoms with Crippen molar-refractivity contribution in [3.05, 3.63) is 29.8 Å². The molecule has 3 rings (SSSR count). The monoisotopic (exact) mass is 360 g/mol. The van der Waals surface area contributed by atoms with Crippen molar-refractivity contribution in [2.24, 2.45) is 5.41 Å². The number of hydrogen-bond acceptors (Lipinski definition) is 3. The molecule has 0 aromatic heterocycles. The van der Waals surface area contributed by atoms with Crippen molar-refractivity contribution < 1.29 is 18.3 Å². The van der Waals surface area contributed by atoms with E-state index in [1.807, 2.05) is 4.90 Å². The first-order chi connectivity index (χ1) is 11.1. The first-order valence-corrected chi connectivity index (χ1v) is 8.09. The topological polar surface area (TPSA) is 41.6 Å². The molecule has 0 aliphatic carbocycles. The number of likely N-dealkylation sites (tertiary alicyclic amines) is 1. The molecule has 1 spiro atoms. The highest BCUT2D eigenvalue weighted by molar-refractivity contribution is 5.85. The first kappa shape index (κ1) is 18.9. The largest absolute Gasteiger partial charge is 0.435 e. The van der Waals surface area contributed by atoms with Gasteiger partial charge in [0.15, 0.2) is 0 Å². The molecule has 2 fully saturated rings. The average molecular weight is 361 g/mol. The summed E-state index contributed by atoms with van der Waals surface area (Å²) in [5.41, 5.74) is 1.21. The van der Waals surface area contributed by atoms with Gasteiger partial charge in [0.2, 0.25) is 5.91 Å². The number of alkyl halides is 2. The van der Waals surface area contributed by atoms with Crippen LogP contribution in [0.15, 0.2) is 24.3 Å². The highest BCUT2D eigenvalue weighted by Gasteiger charge is 2.37. The van der Waals surface area contributed by atoms with Gasteiger partial charge in [0, 0.05) is 19.6 Å². The summed E-state index contributed by atoms with van der Waals surface area (Å²) in [6.07, 6.45) is 3.64. The molecule has 1 N–H and O–H groups in total. The summed E-state index contributed by atoms with van der Waals surface area (Å²) in [5, 5.41) is 3.42. The maximum absolute atomic E-state index is 12.4. The molecule has 1 aromatic rings. The Labute approximate surface area is 147 Å². The molecule has 0 radical (unpaired) electrons. The third kappa shape index (κ3) is 4.57. The Kier molecular flexibility index (Phi) is 6.40. The summed E-state index contributed by atoms with van der Waals surface area (Å²) in [4.78, 5) is 14.3. The van der Waals surface area contributed by atoms with Gasteiger partial charge in [0.1, 0.15) is 5.75 Å². The third-order valence-electron chi connectivity index (χ3n) is 5.01. The van der Waals surface area contributed by atoms with E-state index in [0.717, 1.165) is 44.6 Å². The lowest BCUT2D eigenvalue weighted by Gasteiger charge is -2.39. The SMILES string of the molecule is Cl.O=C(Cc1ccc(OC(F)F)cc1)N1CCC2(CCNC2)CC1. The van der Waals surface area contributed by atoms with Gasteiger partial charge in [-0.15, -0.1) is 12.4 Å². The van der Waals surface area contributed by atoms with Crippen LogP contribution in [0, 0.1) is 5.41 Å². The van der Waals surface area contributed by atoms with E-state index in [4.69, 9.17) is 0 Å². The molecule has 4 nitrogen and oxygen atoms in total. The second-order valence-electron chi connectivity index (χ2n) is 6.51. The minimum absolute atomic E-state index is 0. The Bertz CT molecular complexity index is 538. The second kappa shape index (κ2) is 8.12. The maximum Gasteiger partial charge on any atom is 0.387 e. The van der Waals surface area contributed by atoms with Gasteiger partial charge in [-0.3, -0.25) is 4.79 Å². The molecule has 2 heterocycles. The lowest BCUT2D eigenvalue weighted by molar-refractivity contribution is -0.132. The Hall–Kier alpha value is -1.40. The molecule has 1 aromatic carbocycles. The number of nitrogens with zero attached hydrogens (tertiary/aromatic N) is 1. The number of carbonyl (C=O) groups excluding carboxylic acids is 1. The Morgan fingerprint density at radius 1 is 1.21 bits per heavy atom. The average Bonchev–Trinajstić information content (AvgIpc) is 2.97. The zero-order chi connectivity index (χ0) is 16.3. The molecular formula is C17H23ClF2N2O2. The van der Waals surface area contributed by atoms with E-state index in [9.17, 15) is 13.6 Å². The normalized spacial score (nSPS) is 19.4. The van der Waals surface area contributed by atoms with Crippen molar-refractivity contribution in [1.82, 2.24) is 10.2 Å². The van der Waals surface area contributed by atoms with Gasteiger partial charge in [-0.1, -0.05) is 12.1 Å². The zero-order valence-electron chi connectivity index (χ0n) is 13.5. The predicted octanol–water partition coefficient (Wildman–Crippen LogP) is 2.85.